The number of nitrogens with zero attached hydrogens (tertiary/aromatic N) is 1. The molecule has 5 atom stereocenters. The minimum atomic E-state index is -0.262. The van der Waals surface area contributed by atoms with Gasteiger partial charge in [-0.05, 0) is 13.3 Å². The molecule has 2 fully saturated rings. The van der Waals surface area contributed by atoms with Crippen LogP contribution >= 0.6 is 0 Å². The Morgan fingerprint density at radius 2 is 1.82 bits per heavy atom. The predicted octanol–water partition coefficient (Wildman–Crippen LogP) is 0.132. The molecule has 5 nitrogen and oxygen atoms in total. The number of hydrogen-bond donors (Lipinski definition) is 1. The van der Waals surface area contributed by atoms with Crippen LogP contribution in [0.4, 0.5) is 0 Å². The van der Waals surface area contributed by atoms with Gasteiger partial charge >= 0.3 is 0 Å². The number of imide groups is 1. The first-order valence-electron chi connectivity index (χ1n) is 6.23. The normalized spacial score (nSPS) is 41.9. The van der Waals surface area contributed by atoms with Crippen molar-refractivity contribution in [2.75, 3.05) is 6.61 Å². The summed E-state index contributed by atoms with van der Waals surface area (Å²) >= 11 is 0. The molecule has 1 saturated heterocycles. The Bertz CT molecular complexity index is 323. The van der Waals surface area contributed by atoms with E-state index in [0.717, 1.165) is 6.42 Å². The van der Waals surface area contributed by atoms with Crippen LogP contribution in [-0.4, -0.2) is 41.5 Å². The smallest absolute Gasteiger partial charge is 0.233 e. The standard InChI is InChI=1S/C12H20N2O3/c1-4-17-9-5-8(13)10(9)14-11(15)6(2)7(3)12(14)16/h6-10H,4-5,13H2,1-3H3. The molecule has 0 bridgehead atoms. The Balaban J connectivity index is 2.16. The van der Waals surface area contributed by atoms with Gasteiger partial charge in [-0.15, -0.1) is 0 Å². The highest BCUT2D eigenvalue weighted by Crippen LogP contribution is 2.35. The van der Waals surface area contributed by atoms with E-state index in [0.29, 0.717) is 6.61 Å². The second-order valence-corrected chi connectivity index (χ2v) is 5.01. The molecule has 2 N–H and O–H groups in total. The summed E-state index contributed by atoms with van der Waals surface area (Å²) in [5, 5.41) is 0. The van der Waals surface area contributed by atoms with Crippen molar-refractivity contribution in [3.05, 3.63) is 0 Å². The van der Waals surface area contributed by atoms with Gasteiger partial charge in [0.05, 0.1) is 12.1 Å². The highest BCUT2D eigenvalue weighted by Gasteiger charge is 2.53. The summed E-state index contributed by atoms with van der Waals surface area (Å²) in [7, 11) is 0. The molecule has 0 aromatic carbocycles. The van der Waals surface area contributed by atoms with Crippen LogP contribution in [0.15, 0.2) is 0 Å². The fraction of sp³-hybridized carbons (Fsp3) is 0.833. The molecule has 17 heavy (non-hydrogen) atoms. The maximum absolute atomic E-state index is 12.0. The number of hydrogen-bond acceptors (Lipinski definition) is 4. The quantitative estimate of drug-likeness (QED) is 0.712. The highest BCUT2D eigenvalue weighted by atomic mass is 16.5. The topological polar surface area (TPSA) is 72.6 Å². The maximum Gasteiger partial charge on any atom is 0.233 e. The molecule has 2 rings (SSSR count). The third-order valence-corrected chi connectivity index (χ3v) is 4.01. The Morgan fingerprint density at radius 3 is 2.24 bits per heavy atom. The molecule has 0 radical (unpaired) electrons. The summed E-state index contributed by atoms with van der Waals surface area (Å²) in [4.78, 5) is 25.5. The van der Waals surface area contributed by atoms with Gasteiger partial charge in [-0.2, -0.15) is 0 Å². The molecule has 0 aromatic heterocycles. The number of amides is 2. The highest BCUT2D eigenvalue weighted by molar-refractivity contribution is 6.05. The molecule has 5 unspecified atom stereocenters. The Labute approximate surface area is 101 Å². The summed E-state index contributed by atoms with van der Waals surface area (Å²) in [6.07, 6.45) is 0.638. The molecule has 1 heterocycles. The van der Waals surface area contributed by atoms with Crippen molar-refractivity contribution >= 4 is 11.8 Å². The SMILES string of the molecule is CCOC1CC(N)C1N1C(=O)C(C)C(C)C1=O. The minimum absolute atomic E-state index is 0.0830. The lowest BCUT2D eigenvalue weighted by Crippen LogP contribution is -2.66. The van der Waals surface area contributed by atoms with E-state index in [2.05, 4.69) is 0 Å². The van der Waals surface area contributed by atoms with E-state index in [1.165, 1.54) is 4.90 Å². The van der Waals surface area contributed by atoms with Crippen LogP contribution in [0.2, 0.25) is 0 Å². The van der Waals surface area contributed by atoms with Gasteiger partial charge in [-0.1, -0.05) is 13.8 Å². The van der Waals surface area contributed by atoms with E-state index in [4.69, 9.17) is 10.5 Å². The molecule has 2 amide bonds. The van der Waals surface area contributed by atoms with E-state index < -0.39 is 0 Å². The fourth-order valence-electron chi connectivity index (χ4n) is 2.63. The summed E-state index contributed by atoms with van der Waals surface area (Å²) < 4.78 is 5.51. The fourth-order valence-corrected chi connectivity index (χ4v) is 2.63. The third kappa shape index (κ3) is 1.77. The zero-order valence-electron chi connectivity index (χ0n) is 10.6. The molecule has 96 valence electrons. The van der Waals surface area contributed by atoms with Crippen molar-refractivity contribution in [3.8, 4) is 0 Å². The number of nitrogens with two attached hydrogens (primary N) is 1. The van der Waals surface area contributed by atoms with Crippen LogP contribution in [0.5, 0.6) is 0 Å². The molecule has 5 heteroatoms. The van der Waals surface area contributed by atoms with E-state index in [-0.39, 0.29) is 41.8 Å². The Hall–Kier alpha value is -0.940. The number of rotatable bonds is 3. The van der Waals surface area contributed by atoms with E-state index >= 15 is 0 Å². The Morgan fingerprint density at radius 1 is 1.29 bits per heavy atom. The van der Waals surface area contributed by atoms with Crippen molar-refractivity contribution < 1.29 is 14.3 Å². The van der Waals surface area contributed by atoms with E-state index in [9.17, 15) is 9.59 Å². The van der Waals surface area contributed by atoms with Crippen LogP contribution in [0.1, 0.15) is 27.2 Å². The molecule has 0 spiro atoms. The van der Waals surface area contributed by atoms with Crippen LogP contribution in [0.3, 0.4) is 0 Å². The van der Waals surface area contributed by atoms with Gasteiger partial charge in [0, 0.05) is 24.5 Å². The van der Waals surface area contributed by atoms with Gasteiger partial charge < -0.3 is 10.5 Å². The van der Waals surface area contributed by atoms with Crippen molar-refractivity contribution in [2.24, 2.45) is 17.6 Å². The maximum atomic E-state index is 12.0. The van der Waals surface area contributed by atoms with Gasteiger partial charge in [0.1, 0.15) is 0 Å². The summed E-state index contributed by atoms with van der Waals surface area (Å²) in [6, 6.07) is -0.403. The van der Waals surface area contributed by atoms with Crippen LogP contribution < -0.4 is 5.73 Å². The first-order valence-corrected chi connectivity index (χ1v) is 6.23. The summed E-state index contributed by atoms with van der Waals surface area (Å²) in [5.74, 6) is -0.685. The van der Waals surface area contributed by atoms with Crippen LogP contribution in [0, 0.1) is 11.8 Å². The number of likely N-dealkylation sites (tertiary alicyclic amines) is 1. The second kappa shape index (κ2) is 4.38. The predicted molar refractivity (Wildman–Crippen MR) is 62.0 cm³/mol. The lowest BCUT2D eigenvalue weighted by molar-refractivity contribution is -0.154. The van der Waals surface area contributed by atoms with Crippen molar-refractivity contribution in [1.29, 1.82) is 0 Å². The molecule has 1 saturated carbocycles. The lowest BCUT2D eigenvalue weighted by Gasteiger charge is -2.46. The number of ether oxygens (including phenoxy) is 1. The average molecular weight is 240 g/mol. The van der Waals surface area contributed by atoms with Crippen molar-refractivity contribution in [2.45, 2.75) is 45.4 Å². The zero-order chi connectivity index (χ0) is 12.7. The monoisotopic (exact) mass is 240 g/mol. The largest absolute Gasteiger partial charge is 0.376 e. The molecule has 2 aliphatic rings. The van der Waals surface area contributed by atoms with Crippen molar-refractivity contribution in [1.82, 2.24) is 4.90 Å². The average Bonchev–Trinajstić information content (AvgIpc) is 2.47. The molecule has 1 aliphatic heterocycles. The van der Waals surface area contributed by atoms with Gasteiger partial charge in [-0.3, -0.25) is 14.5 Å². The van der Waals surface area contributed by atoms with Gasteiger partial charge in [-0.25, -0.2) is 0 Å². The van der Waals surface area contributed by atoms with Crippen LogP contribution in [-0.2, 0) is 14.3 Å². The number of carbonyl (C=O) groups is 2. The number of carbonyl (C=O) groups excluding carboxylic acids is 2. The van der Waals surface area contributed by atoms with Crippen molar-refractivity contribution in [3.63, 3.8) is 0 Å². The van der Waals surface area contributed by atoms with E-state index in [1.807, 2.05) is 6.92 Å². The second-order valence-electron chi connectivity index (χ2n) is 5.01. The minimum Gasteiger partial charge on any atom is -0.376 e. The first kappa shape index (κ1) is 12.5. The summed E-state index contributed by atoms with van der Waals surface area (Å²) in [5.41, 5.74) is 5.91. The van der Waals surface area contributed by atoms with Gasteiger partial charge in [0.15, 0.2) is 0 Å². The van der Waals surface area contributed by atoms with Gasteiger partial charge in [0.2, 0.25) is 11.8 Å². The third-order valence-electron chi connectivity index (χ3n) is 4.01. The zero-order valence-corrected chi connectivity index (χ0v) is 10.6. The van der Waals surface area contributed by atoms with E-state index in [1.54, 1.807) is 13.8 Å². The van der Waals surface area contributed by atoms with Crippen LogP contribution in [0.25, 0.3) is 0 Å². The molecule has 0 aromatic rings. The first-order chi connectivity index (χ1) is 7.99. The lowest BCUT2D eigenvalue weighted by atomic mass is 9.82. The summed E-state index contributed by atoms with van der Waals surface area (Å²) in [6.45, 7) is 6.07. The molecular weight excluding hydrogens is 220 g/mol. The molecule has 1 aliphatic carbocycles. The Kier molecular flexibility index (Phi) is 3.23. The molecular formula is C12H20N2O3. The van der Waals surface area contributed by atoms with Gasteiger partial charge in [0.25, 0.3) is 0 Å².